The third kappa shape index (κ3) is 4.88. The lowest BCUT2D eigenvalue weighted by atomic mass is 10.1. The Bertz CT molecular complexity index is 782. The van der Waals surface area contributed by atoms with Gasteiger partial charge < -0.3 is 0 Å². The average molecular weight is 527 g/mol. The number of alkyl halides is 3. The van der Waals surface area contributed by atoms with Crippen LogP contribution in [-0.4, -0.2) is 50.5 Å². The fraction of sp³-hybridized carbons (Fsp3) is 0.471. The molecular weight excluding hydrogens is 506 g/mol. The summed E-state index contributed by atoms with van der Waals surface area (Å²) in [6.45, 7) is 5.77. The molecule has 0 saturated carbocycles. The molecule has 1 aliphatic rings. The number of hydrogen-bond donors (Lipinski definition) is 1. The van der Waals surface area contributed by atoms with Gasteiger partial charge in [0.1, 0.15) is 15.2 Å². The molecule has 1 atom stereocenters. The number of aliphatic imine (C=N–C) groups is 1. The van der Waals surface area contributed by atoms with Gasteiger partial charge in [-0.3, -0.25) is 15.0 Å². The standard InChI is InChI=1S/C17H20Br2ClFN4O2/c1-16(2,3)23-14(17(18,19)9-20)22-12-13(26)24(4)15(27)25(12)11-8-6-5-7-10(11)21/h5-8,14,23H,9H2,1-4H3. The number of nitrogens with zero attached hydrogens (tertiary/aromatic N) is 3. The highest BCUT2D eigenvalue weighted by Gasteiger charge is 2.45. The number of likely N-dealkylation sites (N-methyl/N-ethyl adjacent to an activating group) is 1. The minimum absolute atomic E-state index is 0.0472. The summed E-state index contributed by atoms with van der Waals surface area (Å²) in [6, 6.07) is 5.03. The summed E-state index contributed by atoms with van der Waals surface area (Å²) in [7, 11) is 1.32. The van der Waals surface area contributed by atoms with Crippen LogP contribution in [0.25, 0.3) is 0 Å². The monoisotopic (exact) mass is 524 g/mol. The Morgan fingerprint density at radius 2 is 1.85 bits per heavy atom. The molecule has 1 heterocycles. The lowest BCUT2D eigenvalue weighted by molar-refractivity contribution is -0.119. The zero-order chi connectivity index (χ0) is 20.6. The molecule has 1 unspecified atom stereocenters. The van der Waals surface area contributed by atoms with Gasteiger partial charge in [0.25, 0.3) is 5.91 Å². The zero-order valence-corrected chi connectivity index (χ0v) is 19.2. The average Bonchev–Trinajstić information content (AvgIpc) is 2.78. The Labute approximate surface area is 179 Å². The second-order valence-electron chi connectivity index (χ2n) is 7.08. The third-order valence-corrected chi connectivity index (χ3v) is 6.17. The number of hydrogen-bond acceptors (Lipinski definition) is 4. The number of urea groups is 1. The first-order valence-corrected chi connectivity index (χ1v) is 10.2. The number of benzene rings is 1. The van der Waals surface area contributed by atoms with E-state index in [2.05, 4.69) is 42.2 Å². The molecule has 0 spiro atoms. The Morgan fingerprint density at radius 1 is 1.26 bits per heavy atom. The fourth-order valence-electron chi connectivity index (χ4n) is 2.37. The van der Waals surface area contributed by atoms with E-state index in [1.807, 2.05) is 20.8 Å². The van der Waals surface area contributed by atoms with E-state index in [4.69, 9.17) is 11.6 Å². The van der Waals surface area contributed by atoms with Crippen molar-refractivity contribution in [2.75, 3.05) is 17.8 Å². The SMILES string of the molecule is CN1C(=O)C(=NC(NC(C)(C)C)C(Br)(Br)CCl)N(c2ccccc2F)C1=O. The predicted octanol–water partition coefficient (Wildman–Crippen LogP) is 4.06. The number of halogens is 4. The van der Waals surface area contributed by atoms with Crippen molar-refractivity contribution in [3.05, 3.63) is 30.1 Å². The first-order valence-electron chi connectivity index (χ1n) is 8.05. The predicted molar refractivity (Wildman–Crippen MR) is 112 cm³/mol. The van der Waals surface area contributed by atoms with Crippen molar-refractivity contribution in [3.8, 4) is 0 Å². The summed E-state index contributed by atoms with van der Waals surface area (Å²) in [5.74, 6) is -1.35. The maximum Gasteiger partial charge on any atom is 0.337 e. The van der Waals surface area contributed by atoms with Crippen LogP contribution in [0.2, 0.25) is 0 Å². The lowest BCUT2D eigenvalue weighted by Crippen LogP contribution is -2.52. The highest BCUT2D eigenvalue weighted by molar-refractivity contribution is 9.25. The van der Waals surface area contributed by atoms with Crippen LogP contribution in [0.1, 0.15) is 20.8 Å². The number of nitrogens with one attached hydrogen (secondary N) is 1. The minimum atomic E-state index is -0.896. The number of anilines is 1. The molecule has 10 heteroatoms. The first kappa shape index (κ1) is 22.3. The third-order valence-electron chi connectivity index (χ3n) is 3.68. The van der Waals surface area contributed by atoms with Gasteiger partial charge in [-0.1, -0.05) is 44.0 Å². The topological polar surface area (TPSA) is 65.0 Å². The molecule has 148 valence electrons. The minimum Gasteiger partial charge on any atom is -0.289 e. The van der Waals surface area contributed by atoms with Gasteiger partial charge in [0, 0.05) is 12.6 Å². The number of imide groups is 1. The molecule has 1 N–H and O–H groups in total. The van der Waals surface area contributed by atoms with E-state index in [0.717, 1.165) is 9.80 Å². The molecule has 2 rings (SSSR count). The Hall–Kier alpha value is -1.03. The Kier molecular flexibility index (Phi) is 6.72. The molecule has 1 saturated heterocycles. The van der Waals surface area contributed by atoms with Gasteiger partial charge in [-0.15, -0.1) is 11.6 Å². The van der Waals surface area contributed by atoms with Gasteiger partial charge in [-0.25, -0.2) is 19.1 Å². The van der Waals surface area contributed by atoms with Crippen LogP contribution >= 0.6 is 43.5 Å². The van der Waals surface area contributed by atoms with Crippen LogP contribution in [0, 0.1) is 5.82 Å². The smallest absolute Gasteiger partial charge is 0.289 e. The molecule has 0 aromatic heterocycles. The van der Waals surface area contributed by atoms with Crippen molar-refractivity contribution in [2.24, 2.45) is 4.99 Å². The van der Waals surface area contributed by atoms with Crippen LogP contribution in [-0.2, 0) is 4.79 Å². The largest absolute Gasteiger partial charge is 0.337 e. The second kappa shape index (κ2) is 8.14. The molecule has 1 aromatic rings. The number of amidine groups is 1. The van der Waals surface area contributed by atoms with Crippen molar-refractivity contribution in [1.29, 1.82) is 0 Å². The molecule has 1 fully saturated rings. The summed E-state index contributed by atoms with van der Waals surface area (Å²) in [4.78, 5) is 31.5. The molecule has 1 aromatic carbocycles. The number of amides is 3. The molecule has 0 radical (unpaired) electrons. The van der Waals surface area contributed by atoms with E-state index in [0.29, 0.717) is 0 Å². The molecular formula is C17H20Br2ClFN4O2. The van der Waals surface area contributed by atoms with E-state index in [9.17, 15) is 14.0 Å². The second-order valence-corrected chi connectivity index (χ2v) is 11.2. The van der Waals surface area contributed by atoms with E-state index in [-0.39, 0.29) is 22.9 Å². The normalized spacial score (nSPS) is 18.6. The summed E-state index contributed by atoms with van der Waals surface area (Å²) in [6.07, 6.45) is -0.734. The number of para-hydroxylation sites is 1. The number of carbonyl (C=O) groups excluding carboxylic acids is 2. The summed E-state index contributed by atoms with van der Waals surface area (Å²) in [5.41, 5.74) is -0.428. The van der Waals surface area contributed by atoms with Gasteiger partial charge in [0.2, 0.25) is 5.84 Å². The maximum absolute atomic E-state index is 14.3. The maximum atomic E-state index is 14.3. The van der Waals surface area contributed by atoms with Crippen LogP contribution < -0.4 is 10.2 Å². The highest BCUT2D eigenvalue weighted by atomic mass is 79.9. The Morgan fingerprint density at radius 3 is 2.37 bits per heavy atom. The van der Waals surface area contributed by atoms with Crippen LogP contribution in [0.4, 0.5) is 14.9 Å². The summed E-state index contributed by atoms with van der Waals surface area (Å²) >= 11 is 13.0. The van der Waals surface area contributed by atoms with Crippen LogP contribution in [0.5, 0.6) is 0 Å². The van der Waals surface area contributed by atoms with E-state index < -0.39 is 27.2 Å². The van der Waals surface area contributed by atoms with Crippen LogP contribution in [0.15, 0.2) is 29.3 Å². The summed E-state index contributed by atoms with van der Waals surface area (Å²) in [5, 5.41) is 3.24. The van der Waals surface area contributed by atoms with Gasteiger partial charge in [0.05, 0.1) is 11.6 Å². The molecule has 0 bridgehead atoms. The van der Waals surface area contributed by atoms with Crippen molar-refractivity contribution in [3.63, 3.8) is 0 Å². The molecule has 1 aliphatic heterocycles. The molecule has 27 heavy (non-hydrogen) atoms. The fourth-order valence-corrected chi connectivity index (χ4v) is 2.95. The quantitative estimate of drug-likeness (QED) is 0.465. The van der Waals surface area contributed by atoms with Gasteiger partial charge >= 0.3 is 6.03 Å². The molecule has 3 amide bonds. The van der Waals surface area contributed by atoms with Gasteiger partial charge in [-0.2, -0.15) is 0 Å². The zero-order valence-electron chi connectivity index (χ0n) is 15.3. The number of carbonyl (C=O) groups is 2. The molecule has 6 nitrogen and oxygen atoms in total. The first-order chi connectivity index (χ1) is 12.4. The Balaban J connectivity index is 2.60. The summed E-state index contributed by atoms with van der Waals surface area (Å²) < 4.78 is 13.4. The van der Waals surface area contributed by atoms with Gasteiger partial charge in [0.15, 0.2) is 0 Å². The van der Waals surface area contributed by atoms with E-state index in [1.54, 1.807) is 6.07 Å². The molecule has 0 aliphatic carbocycles. The van der Waals surface area contributed by atoms with E-state index >= 15 is 0 Å². The van der Waals surface area contributed by atoms with Gasteiger partial charge in [-0.05, 0) is 32.9 Å². The number of rotatable bonds is 5. The van der Waals surface area contributed by atoms with Crippen molar-refractivity contribution < 1.29 is 14.0 Å². The van der Waals surface area contributed by atoms with Crippen LogP contribution in [0.3, 0.4) is 0 Å². The highest BCUT2D eigenvalue weighted by Crippen LogP contribution is 2.35. The lowest BCUT2D eigenvalue weighted by Gasteiger charge is -2.33. The van der Waals surface area contributed by atoms with Crippen molar-refractivity contribution in [1.82, 2.24) is 10.2 Å². The van der Waals surface area contributed by atoms with Crippen molar-refractivity contribution in [2.45, 2.75) is 35.7 Å². The van der Waals surface area contributed by atoms with E-state index in [1.165, 1.54) is 25.2 Å². The van der Waals surface area contributed by atoms with Crippen molar-refractivity contribution >= 4 is 66.9 Å².